The zero-order chi connectivity index (χ0) is 18.4. The van der Waals surface area contributed by atoms with Crippen LogP contribution in [0.1, 0.15) is 30.0 Å². The van der Waals surface area contributed by atoms with Crippen molar-refractivity contribution in [3.63, 3.8) is 0 Å². The molecule has 2 heterocycles. The predicted octanol–water partition coefficient (Wildman–Crippen LogP) is 2.84. The first-order chi connectivity index (χ1) is 12.7. The van der Waals surface area contributed by atoms with Crippen molar-refractivity contribution in [2.45, 2.75) is 39.7 Å². The van der Waals surface area contributed by atoms with Crippen LogP contribution in [0.25, 0.3) is 0 Å². The molecule has 1 N–H and O–H groups in total. The van der Waals surface area contributed by atoms with E-state index in [9.17, 15) is 0 Å². The van der Waals surface area contributed by atoms with Gasteiger partial charge in [0.2, 0.25) is 0 Å². The number of benzene rings is 1. The molecule has 1 aromatic carbocycles. The molecule has 0 radical (unpaired) electrons. The second kappa shape index (κ2) is 11.2. The standard InChI is InChI=1S/C21H34N4O.HI/c1-4-22-21(23-7-5-19-14-17(2)13-18(3)15-19)25-8-6-20(16-25)24-9-11-26-12-10-24;/h13-15,20H,4-12,16H2,1-3H3,(H,22,23);1H. The number of likely N-dealkylation sites (tertiary alicyclic amines) is 1. The van der Waals surface area contributed by atoms with Gasteiger partial charge in [-0.3, -0.25) is 9.89 Å². The maximum absolute atomic E-state index is 5.49. The molecule has 3 rings (SSSR count). The number of hydrogen-bond acceptors (Lipinski definition) is 3. The molecule has 152 valence electrons. The van der Waals surface area contributed by atoms with Crippen LogP contribution < -0.4 is 5.32 Å². The van der Waals surface area contributed by atoms with Crippen molar-refractivity contribution in [1.82, 2.24) is 15.1 Å². The number of hydrogen-bond donors (Lipinski definition) is 1. The monoisotopic (exact) mass is 486 g/mol. The first-order valence-electron chi connectivity index (χ1n) is 10.1. The van der Waals surface area contributed by atoms with E-state index in [1.54, 1.807) is 0 Å². The lowest BCUT2D eigenvalue weighted by atomic mass is 10.1. The summed E-state index contributed by atoms with van der Waals surface area (Å²) in [5.74, 6) is 1.08. The molecule has 0 aliphatic carbocycles. The molecule has 5 nitrogen and oxygen atoms in total. The summed E-state index contributed by atoms with van der Waals surface area (Å²) in [6.45, 7) is 14.3. The van der Waals surface area contributed by atoms with E-state index >= 15 is 0 Å². The summed E-state index contributed by atoms with van der Waals surface area (Å²) in [5.41, 5.74) is 4.06. The van der Waals surface area contributed by atoms with E-state index in [2.05, 4.69) is 54.1 Å². The zero-order valence-corrected chi connectivity index (χ0v) is 19.4. The Labute approximate surface area is 181 Å². The lowest BCUT2D eigenvalue weighted by molar-refractivity contribution is 0.0195. The van der Waals surface area contributed by atoms with Crippen LogP contribution in [-0.2, 0) is 11.2 Å². The quantitative estimate of drug-likeness (QED) is 0.395. The molecule has 1 atom stereocenters. The van der Waals surface area contributed by atoms with Gasteiger partial charge in [-0.1, -0.05) is 29.3 Å². The van der Waals surface area contributed by atoms with Crippen LogP contribution >= 0.6 is 24.0 Å². The van der Waals surface area contributed by atoms with Crippen molar-refractivity contribution in [3.8, 4) is 0 Å². The maximum atomic E-state index is 5.49. The molecule has 2 aliphatic rings. The highest BCUT2D eigenvalue weighted by Gasteiger charge is 2.30. The number of halogens is 1. The number of guanidine groups is 1. The molecule has 27 heavy (non-hydrogen) atoms. The molecular weight excluding hydrogens is 451 g/mol. The van der Waals surface area contributed by atoms with Crippen molar-refractivity contribution >= 4 is 29.9 Å². The van der Waals surface area contributed by atoms with E-state index < -0.39 is 0 Å². The van der Waals surface area contributed by atoms with Crippen molar-refractivity contribution in [1.29, 1.82) is 0 Å². The van der Waals surface area contributed by atoms with Gasteiger partial charge in [0.15, 0.2) is 5.96 Å². The molecule has 6 heteroatoms. The number of ether oxygens (including phenoxy) is 1. The fraction of sp³-hybridized carbons (Fsp3) is 0.667. The highest BCUT2D eigenvalue weighted by molar-refractivity contribution is 14.0. The highest BCUT2D eigenvalue weighted by atomic mass is 127. The number of aryl methyl sites for hydroxylation is 2. The third-order valence-corrected chi connectivity index (χ3v) is 5.30. The second-order valence-electron chi connectivity index (χ2n) is 7.52. The molecular formula is C21H35IN4O. The van der Waals surface area contributed by atoms with Gasteiger partial charge in [0, 0.05) is 45.3 Å². The average molecular weight is 486 g/mol. The van der Waals surface area contributed by atoms with Crippen LogP contribution in [0.15, 0.2) is 23.2 Å². The summed E-state index contributed by atoms with van der Waals surface area (Å²) >= 11 is 0. The molecule has 1 aromatic rings. The van der Waals surface area contributed by atoms with Crippen molar-refractivity contribution in [2.24, 2.45) is 4.99 Å². The molecule has 0 spiro atoms. The minimum atomic E-state index is 0. The van der Waals surface area contributed by atoms with E-state index in [0.717, 1.165) is 64.9 Å². The van der Waals surface area contributed by atoms with E-state index in [0.29, 0.717) is 6.04 Å². The normalized spacial score (nSPS) is 21.2. The summed E-state index contributed by atoms with van der Waals surface area (Å²) in [6.07, 6.45) is 2.22. The minimum absolute atomic E-state index is 0. The summed E-state index contributed by atoms with van der Waals surface area (Å²) in [6, 6.07) is 7.42. The fourth-order valence-electron chi connectivity index (χ4n) is 4.10. The lowest BCUT2D eigenvalue weighted by Crippen LogP contribution is -2.46. The van der Waals surface area contributed by atoms with Crippen LogP contribution in [0.2, 0.25) is 0 Å². The smallest absolute Gasteiger partial charge is 0.193 e. The Morgan fingerprint density at radius 3 is 2.52 bits per heavy atom. The zero-order valence-electron chi connectivity index (χ0n) is 17.0. The summed E-state index contributed by atoms with van der Waals surface area (Å²) < 4.78 is 5.49. The second-order valence-corrected chi connectivity index (χ2v) is 7.52. The summed E-state index contributed by atoms with van der Waals surface area (Å²) in [4.78, 5) is 9.94. The highest BCUT2D eigenvalue weighted by Crippen LogP contribution is 2.17. The molecule has 0 saturated carbocycles. The Bertz CT molecular complexity index is 596. The first kappa shape index (κ1) is 22.4. The summed E-state index contributed by atoms with van der Waals surface area (Å²) in [5, 5.41) is 3.49. The third-order valence-electron chi connectivity index (χ3n) is 5.30. The van der Waals surface area contributed by atoms with Gasteiger partial charge in [0.25, 0.3) is 0 Å². The van der Waals surface area contributed by atoms with Gasteiger partial charge in [-0.2, -0.15) is 0 Å². The van der Waals surface area contributed by atoms with Gasteiger partial charge in [-0.25, -0.2) is 0 Å². The topological polar surface area (TPSA) is 40.1 Å². The van der Waals surface area contributed by atoms with E-state index in [4.69, 9.17) is 9.73 Å². The molecule has 0 bridgehead atoms. The Hall–Kier alpha value is -0.860. The Morgan fingerprint density at radius 2 is 1.85 bits per heavy atom. The Morgan fingerprint density at radius 1 is 1.15 bits per heavy atom. The van der Waals surface area contributed by atoms with Gasteiger partial charge in [-0.05, 0) is 39.2 Å². The van der Waals surface area contributed by atoms with E-state index in [1.165, 1.54) is 23.1 Å². The van der Waals surface area contributed by atoms with Crippen LogP contribution in [0.3, 0.4) is 0 Å². The molecule has 2 fully saturated rings. The van der Waals surface area contributed by atoms with Crippen LogP contribution in [-0.4, -0.2) is 74.3 Å². The molecule has 2 saturated heterocycles. The SMILES string of the molecule is CCNC(=NCCc1cc(C)cc(C)c1)N1CCC(N2CCOCC2)C1.I. The largest absolute Gasteiger partial charge is 0.379 e. The van der Waals surface area contributed by atoms with Gasteiger partial charge < -0.3 is 15.0 Å². The lowest BCUT2D eigenvalue weighted by Gasteiger charge is -2.32. The Kier molecular flexibility index (Phi) is 9.32. The van der Waals surface area contributed by atoms with Crippen LogP contribution in [0.5, 0.6) is 0 Å². The van der Waals surface area contributed by atoms with Gasteiger partial charge in [0.1, 0.15) is 0 Å². The molecule has 2 aliphatic heterocycles. The number of nitrogens with zero attached hydrogens (tertiary/aromatic N) is 3. The van der Waals surface area contributed by atoms with Crippen LogP contribution in [0.4, 0.5) is 0 Å². The van der Waals surface area contributed by atoms with Gasteiger partial charge in [-0.15, -0.1) is 24.0 Å². The number of rotatable bonds is 5. The average Bonchev–Trinajstić information content (AvgIpc) is 3.11. The van der Waals surface area contributed by atoms with E-state index in [-0.39, 0.29) is 24.0 Å². The van der Waals surface area contributed by atoms with Crippen molar-refractivity contribution in [2.75, 3.05) is 52.5 Å². The molecule has 0 amide bonds. The number of nitrogens with one attached hydrogen (secondary N) is 1. The predicted molar refractivity (Wildman–Crippen MR) is 123 cm³/mol. The molecule has 1 unspecified atom stereocenters. The van der Waals surface area contributed by atoms with Gasteiger partial charge >= 0.3 is 0 Å². The van der Waals surface area contributed by atoms with Crippen molar-refractivity contribution < 1.29 is 4.74 Å². The fourth-order valence-corrected chi connectivity index (χ4v) is 4.10. The number of morpholine rings is 1. The Balaban J connectivity index is 0.00000261. The first-order valence-corrected chi connectivity index (χ1v) is 10.1. The third kappa shape index (κ3) is 6.61. The van der Waals surface area contributed by atoms with Crippen LogP contribution in [0, 0.1) is 13.8 Å². The van der Waals surface area contributed by atoms with E-state index in [1.807, 2.05) is 0 Å². The minimum Gasteiger partial charge on any atom is -0.379 e. The maximum Gasteiger partial charge on any atom is 0.193 e. The number of aliphatic imine (C=N–C) groups is 1. The van der Waals surface area contributed by atoms with Gasteiger partial charge in [0.05, 0.1) is 13.2 Å². The van der Waals surface area contributed by atoms with Crippen molar-refractivity contribution in [3.05, 3.63) is 34.9 Å². The molecule has 0 aromatic heterocycles. The summed E-state index contributed by atoms with van der Waals surface area (Å²) in [7, 11) is 0.